The van der Waals surface area contributed by atoms with Crippen LogP contribution in [-0.4, -0.2) is 36.0 Å². The van der Waals surface area contributed by atoms with Gasteiger partial charge in [-0.15, -0.1) is 11.3 Å². The van der Waals surface area contributed by atoms with Crippen molar-refractivity contribution in [3.8, 4) is 0 Å². The van der Waals surface area contributed by atoms with E-state index in [9.17, 15) is 4.79 Å². The first kappa shape index (κ1) is 15.2. The molecule has 1 N–H and O–H groups in total. The van der Waals surface area contributed by atoms with Gasteiger partial charge in [0.1, 0.15) is 0 Å². The van der Waals surface area contributed by atoms with Gasteiger partial charge in [0.2, 0.25) is 0 Å². The van der Waals surface area contributed by atoms with E-state index in [1.807, 2.05) is 19.1 Å². The van der Waals surface area contributed by atoms with Crippen LogP contribution in [0.4, 0.5) is 0 Å². The van der Waals surface area contributed by atoms with Gasteiger partial charge in [-0.3, -0.25) is 9.69 Å². The summed E-state index contributed by atoms with van der Waals surface area (Å²) in [6, 6.07) is 4.88. The van der Waals surface area contributed by atoms with Crippen molar-refractivity contribution in [1.82, 2.24) is 10.2 Å². The van der Waals surface area contributed by atoms with Crippen LogP contribution in [0.5, 0.6) is 0 Å². The summed E-state index contributed by atoms with van der Waals surface area (Å²) in [5.74, 6) is 0.0422. The van der Waals surface area contributed by atoms with Gasteiger partial charge in [-0.2, -0.15) is 0 Å². The Bertz CT molecular complexity index is 377. The zero-order chi connectivity index (χ0) is 13.7. The van der Waals surface area contributed by atoms with Crippen LogP contribution >= 0.6 is 11.3 Å². The molecular weight excluding hydrogens is 244 g/mol. The largest absolute Gasteiger partial charge is 0.350 e. The Hall–Kier alpha value is -0.870. The van der Waals surface area contributed by atoms with E-state index in [2.05, 4.69) is 37.9 Å². The minimum absolute atomic E-state index is 0.0422. The fourth-order valence-electron chi connectivity index (χ4n) is 2.05. The second-order valence-electron chi connectivity index (χ2n) is 5.09. The number of nitrogens with one attached hydrogen (secondary N) is 1. The molecule has 1 rings (SSSR count). The zero-order valence-electron chi connectivity index (χ0n) is 12.0. The van der Waals surface area contributed by atoms with Crippen molar-refractivity contribution in [2.75, 3.05) is 13.1 Å². The van der Waals surface area contributed by atoms with Crippen LogP contribution in [0.2, 0.25) is 0 Å². The molecule has 0 aromatic carbocycles. The highest BCUT2D eigenvalue weighted by Gasteiger charge is 2.13. The van der Waals surface area contributed by atoms with Gasteiger partial charge in [0.25, 0.3) is 5.91 Å². The van der Waals surface area contributed by atoms with Gasteiger partial charge in [0.05, 0.1) is 4.88 Å². The lowest BCUT2D eigenvalue weighted by Crippen LogP contribution is -2.42. The number of carbonyl (C=O) groups is 1. The van der Waals surface area contributed by atoms with Gasteiger partial charge in [-0.25, -0.2) is 0 Å². The fraction of sp³-hybridized carbons (Fsp3) is 0.643. The van der Waals surface area contributed by atoms with Crippen molar-refractivity contribution in [1.29, 1.82) is 0 Å². The molecule has 0 spiro atoms. The molecule has 1 heterocycles. The van der Waals surface area contributed by atoms with Gasteiger partial charge in [-0.1, -0.05) is 0 Å². The average molecular weight is 268 g/mol. The van der Waals surface area contributed by atoms with E-state index in [0.717, 1.165) is 11.4 Å². The van der Waals surface area contributed by atoms with Crippen molar-refractivity contribution < 1.29 is 4.79 Å². The topological polar surface area (TPSA) is 32.3 Å². The van der Waals surface area contributed by atoms with Crippen LogP contribution in [0.1, 0.15) is 42.2 Å². The van der Waals surface area contributed by atoms with Crippen LogP contribution in [0.3, 0.4) is 0 Å². The van der Waals surface area contributed by atoms with E-state index in [0.29, 0.717) is 18.6 Å². The molecule has 0 atom stereocenters. The number of aryl methyl sites for hydroxylation is 1. The van der Waals surface area contributed by atoms with Crippen LogP contribution in [0.25, 0.3) is 0 Å². The summed E-state index contributed by atoms with van der Waals surface area (Å²) in [6.07, 6.45) is 0. The van der Waals surface area contributed by atoms with E-state index in [1.165, 1.54) is 4.88 Å². The highest BCUT2D eigenvalue weighted by Crippen LogP contribution is 2.14. The normalized spacial score (nSPS) is 11.6. The number of carbonyl (C=O) groups excluding carboxylic acids is 1. The molecule has 18 heavy (non-hydrogen) atoms. The third-order valence-corrected chi connectivity index (χ3v) is 3.95. The van der Waals surface area contributed by atoms with Gasteiger partial charge in [0, 0.05) is 30.1 Å². The molecule has 0 aliphatic heterocycles. The predicted octanol–water partition coefficient (Wildman–Crippen LogP) is 2.91. The lowest BCUT2D eigenvalue weighted by Gasteiger charge is -2.30. The average Bonchev–Trinajstić information content (AvgIpc) is 2.69. The maximum Gasteiger partial charge on any atom is 0.261 e. The quantitative estimate of drug-likeness (QED) is 0.860. The minimum atomic E-state index is 0.0422. The number of rotatable bonds is 6. The number of hydrogen-bond donors (Lipinski definition) is 1. The predicted molar refractivity (Wildman–Crippen MR) is 78.4 cm³/mol. The Morgan fingerprint density at radius 2 is 1.89 bits per heavy atom. The summed E-state index contributed by atoms with van der Waals surface area (Å²) < 4.78 is 0. The van der Waals surface area contributed by atoms with E-state index < -0.39 is 0 Å². The molecule has 0 unspecified atom stereocenters. The van der Waals surface area contributed by atoms with Crippen LogP contribution in [0, 0.1) is 6.92 Å². The van der Waals surface area contributed by atoms with Crippen molar-refractivity contribution in [2.24, 2.45) is 0 Å². The molecule has 102 valence electrons. The maximum atomic E-state index is 11.9. The summed E-state index contributed by atoms with van der Waals surface area (Å²) >= 11 is 1.54. The molecule has 3 nitrogen and oxygen atoms in total. The van der Waals surface area contributed by atoms with Crippen molar-refractivity contribution in [3.63, 3.8) is 0 Å². The summed E-state index contributed by atoms with van der Waals surface area (Å²) in [5, 5.41) is 2.98. The Morgan fingerprint density at radius 3 is 2.33 bits per heavy atom. The molecule has 1 amide bonds. The molecule has 1 aromatic rings. The van der Waals surface area contributed by atoms with Gasteiger partial charge >= 0.3 is 0 Å². The molecule has 4 heteroatoms. The third-order valence-electron chi connectivity index (χ3n) is 2.95. The van der Waals surface area contributed by atoms with Crippen LogP contribution in [0.15, 0.2) is 12.1 Å². The van der Waals surface area contributed by atoms with E-state index in [-0.39, 0.29) is 5.91 Å². The Labute approximate surface area is 114 Å². The molecule has 1 aromatic heterocycles. The number of hydrogen-bond acceptors (Lipinski definition) is 3. The Balaban J connectivity index is 2.39. The van der Waals surface area contributed by atoms with E-state index in [4.69, 9.17) is 0 Å². The molecule has 0 saturated carbocycles. The second-order valence-corrected chi connectivity index (χ2v) is 6.38. The third kappa shape index (κ3) is 4.42. The SMILES string of the molecule is Cc1ccc(C(=O)NCCN(C(C)C)C(C)C)s1. The molecule has 0 aliphatic carbocycles. The lowest BCUT2D eigenvalue weighted by molar-refractivity contribution is 0.0943. The summed E-state index contributed by atoms with van der Waals surface area (Å²) in [6.45, 7) is 12.3. The van der Waals surface area contributed by atoms with Gasteiger partial charge < -0.3 is 5.32 Å². The lowest BCUT2D eigenvalue weighted by atomic mass is 10.2. The van der Waals surface area contributed by atoms with Crippen molar-refractivity contribution in [2.45, 2.75) is 46.7 Å². The number of thiophene rings is 1. The maximum absolute atomic E-state index is 11.9. The molecule has 0 radical (unpaired) electrons. The first-order chi connectivity index (χ1) is 8.41. The second kappa shape index (κ2) is 6.90. The molecule has 0 fully saturated rings. The highest BCUT2D eigenvalue weighted by atomic mass is 32.1. The first-order valence-corrected chi connectivity index (χ1v) is 7.34. The number of nitrogens with zero attached hydrogens (tertiary/aromatic N) is 1. The van der Waals surface area contributed by atoms with Crippen LogP contribution < -0.4 is 5.32 Å². The van der Waals surface area contributed by atoms with E-state index >= 15 is 0 Å². The Morgan fingerprint density at radius 1 is 1.28 bits per heavy atom. The molecule has 0 bridgehead atoms. The van der Waals surface area contributed by atoms with Gasteiger partial charge in [0.15, 0.2) is 0 Å². The summed E-state index contributed by atoms with van der Waals surface area (Å²) in [5.41, 5.74) is 0. The summed E-state index contributed by atoms with van der Waals surface area (Å²) in [7, 11) is 0. The minimum Gasteiger partial charge on any atom is -0.350 e. The molecule has 0 aliphatic rings. The Kier molecular flexibility index (Phi) is 5.82. The fourth-order valence-corrected chi connectivity index (χ4v) is 2.84. The van der Waals surface area contributed by atoms with E-state index in [1.54, 1.807) is 11.3 Å². The smallest absolute Gasteiger partial charge is 0.261 e. The van der Waals surface area contributed by atoms with Gasteiger partial charge in [-0.05, 0) is 46.8 Å². The summed E-state index contributed by atoms with van der Waals surface area (Å²) in [4.78, 5) is 16.2. The standard InChI is InChI=1S/C14H24N2OS/c1-10(2)16(11(3)4)9-8-15-14(17)13-7-6-12(5)18-13/h6-7,10-11H,8-9H2,1-5H3,(H,15,17). The van der Waals surface area contributed by atoms with Crippen molar-refractivity contribution in [3.05, 3.63) is 21.9 Å². The molecular formula is C14H24N2OS. The zero-order valence-corrected chi connectivity index (χ0v) is 12.8. The van der Waals surface area contributed by atoms with Crippen LogP contribution in [-0.2, 0) is 0 Å². The van der Waals surface area contributed by atoms with Crippen molar-refractivity contribution >= 4 is 17.2 Å². The highest BCUT2D eigenvalue weighted by molar-refractivity contribution is 7.13. The number of amides is 1. The monoisotopic (exact) mass is 268 g/mol. The molecule has 0 saturated heterocycles. The first-order valence-electron chi connectivity index (χ1n) is 6.52.